The Hall–Kier alpha value is -2.13. The van der Waals surface area contributed by atoms with Gasteiger partial charge in [0.1, 0.15) is 5.69 Å². The summed E-state index contributed by atoms with van der Waals surface area (Å²) in [5.41, 5.74) is -8.99. The highest BCUT2D eigenvalue weighted by molar-refractivity contribution is 7.17. The van der Waals surface area contributed by atoms with E-state index in [1.54, 1.807) is 0 Å². The molecule has 0 unspecified atom stereocenters. The fraction of sp³-hybridized carbons (Fsp3) is 0.522. The average Bonchev–Trinajstić information content (AvgIpc) is 3.20. The highest BCUT2D eigenvalue weighted by Crippen LogP contribution is 2.54. The van der Waals surface area contributed by atoms with Crippen molar-refractivity contribution in [2.75, 3.05) is 13.6 Å². The van der Waals surface area contributed by atoms with E-state index in [1.807, 2.05) is 0 Å². The molecule has 1 aromatic heterocycles. The number of nitrogens with zero attached hydrogens (tertiary/aromatic N) is 2. The highest BCUT2D eigenvalue weighted by atomic mass is 35.5. The van der Waals surface area contributed by atoms with Crippen LogP contribution in [-0.2, 0) is 5.60 Å². The topological polar surface area (TPSA) is 103 Å². The summed E-state index contributed by atoms with van der Waals surface area (Å²) >= 11 is 12.6. The number of nitrogens with one attached hydrogen (secondary N) is 1. The summed E-state index contributed by atoms with van der Waals surface area (Å²) in [6.45, 7) is 2.66. The van der Waals surface area contributed by atoms with Crippen LogP contribution < -0.4 is 5.32 Å². The molecule has 3 rings (SSSR count). The summed E-state index contributed by atoms with van der Waals surface area (Å²) in [7, 11) is 1.49. The van der Waals surface area contributed by atoms with Gasteiger partial charge in [0.25, 0.3) is 17.4 Å². The number of amides is 2. The molecule has 216 valence electrons. The summed E-state index contributed by atoms with van der Waals surface area (Å²) in [4.78, 5) is 31.3. The summed E-state index contributed by atoms with van der Waals surface area (Å²) in [5, 5.41) is 19.7. The molecule has 1 fully saturated rings. The van der Waals surface area contributed by atoms with Gasteiger partial charge in [0.2, 0.25) is 0 Å². The minimum absolute atomic E-state index is 0.130. The summed E-state index contributed by atoms with van der Waals surface area (Å²) in [6.07, 6.45) is -10.1. The van der Waals surface area contributed by atoms with Crippen LogP contribution in [0.2, 0.25) is 10.0 Å². The van der Waals surface area contributed by atoms with Gasteiger partial charge in [-0.25, -0.2) is 4.98 Å². The molecule has 0 spiro atoms. The molecular weight excluding hydrogens is 599 g/mol. The van der Waals surface area contributed by atoms with Crippen LogP contribution in [0.25, 0.3) is 10.4 Å². The molecule has 2 aromatic rings. The molecule has 16 heteroatoms. The molecule has 1 saturated carbocycles. The molecule has 1 aliphatic rings. The van der Waals surface area contributed by atoms with Crippen LogP contribution in [0.4, 0.5) is 26.3 Å². The number of carbonyl (C=O) groups excluding carboxylic acids is 2. The monoisotopic (exact) mass is 621 g/mol. The Morgan fingerprint density at radius 2 is 1.64 bits per heavy atom. The van der Waals surface area contributed by atoms with E-state index in [9.17, 15) is 46.1 Å². The number of alkyl halides is 6. The van der Waals surface area contributed by atoms with Crippen molar-refractivity contribution in [2.24, 2.45) is 0 Å². The summed E-state index contributed by atoms with van der Waals surface area (Å²) in [5.74, 6) is -1.46. The van der Waals surface area contributed by atoms with Crippen molar-refractivity contribution >= 4 is 46.4 Å². The largest absolute Gasteiger partial charge is 0.430 e. The maximum absolute atomic E-state index is 13.5. The molecule has 0 atom stereocenters. The van der Waals surface area contributed by atoms with Gasteiger partial charge in [0.15, 0.2) is 5.01 Å². The van der Waals surface area contributed by atoms with Gasteiger partial charge in [0.05, 0.1) is 20.5 Å². The third-order valence-electron chi connectivity index (χ3n) is 6.19. The number of rotatable bonds is 7. The second-order valence-electron chi connectivity index (χ2n) is 9.69. The Morgan fingerprint density at radius 3 is 2.10 bits per heavy atom. The lowest BCUT2D eigenvalue weighted by Crippen LogP contribution is -2.54. The molecule has 0 bridgehead atoms. The second kappa shape index (κ2) is 10.7. The second-order valence-corrected chi connectivity index (χ2v) is 11.4. The summed E-state index contributed by atoms with van der Waals surface area (Å²) in [6, 6.07) is 0.912. The maximum Gasteiger partial charge on any atom is 0.430 e. The van der Waals surface area contributed by atoms with E-state index in [2.05, 4.69) is 10.3 Å². The minimum Gasteiger partial charge on any atom is -0.389 e. The number of benzene rings is 1. The van der Waals surface area contributed by atoms with E-state index in [0.717, 1.165) is 12.5 Å². The van der Waals surface area contributed by atoms with Crippen LogP contribution in [0, 0.1) is 0 Å². The Morgan fingerprint density at radius 1 is 1.08 bits per heavy atom. The molecule has 0 radical (unpaired) electrons. The van der Waals surface area contributed by atoms with Crippen LogP contribution in [0.1, 0.15) is 59.0 Å². The third-order valence-corrected chi connectivity index (χ3v) is 8.15. The normalized spacial score (nSPS) is 15.2. The van der Waals surface area contributed by atoms with Gasteiger partial charge < -0.3 is 20.4 Å². The number of aromatic nitrogens is 1. The fourth-order valence-electron chi connectivity index (χ4n) is 3.69. The zero-order chi connectivity index (χ0) is 29.7. The van der Waals surface area contributed by atoms with Gasteiger partial charge in [-0.05, 0) is 33.1 Å². The van der Waals surface area contributed by atoms with Gasteiger partial charge in [-0.15, -0.1) is 11.3 Å². The fourth-order valence-corrected chi connectivity index (χ4v) is 5.32. The number of aliphatic hydroxyl groups is 2. The predicted molar refractivity (Wildman–Crippen MR) is 132 cm³/mol. The number of hydrogen-bond acceptors (Lipinski definition) is 6. The third kappa shape index (κ3) is 5.99. The van der Waals surface area contributed by atoms with Crippen LogP contribution in [0.5, 0.6) is 0 Å². The average molecular weight is 622 g/mol. The van der Waals surface area contributed by atoms with Gasteiger partial charge in [-0.1, -0.05) is 35.3 Å². The zero-order valence-corrected chi connectivity index (χ0v) is 22.9. The van der Waals surface area contributed by atoms with E-state index in [1.165, 1.54) is 25.8 Å². The number of hydrogen-bond donors (Lipinski definition) is 3. The van der Waals surface area contributed by atoms with Crippen LogP contribution >= 0.6 is 34.5 Å². The molecule has 0 saturated heterocycles. The first-order valence-corrected chi connectivity index (χ1v) is 12.9. The van der Waals surface area contributed by atoms with E-state index in [0.29, 0.717) is 30.2 Å². The van der Waals surface area contributed by atoms with Crippen LogP contribution in [0.3, 0.4) is 0 Å². The molecule has 1 heterocycles. The highest BCUT2D eigenvalue weighted by Gasteiger charge is 2.72. The predicted octanol–water partition coefficient (Wildman–Crippen LogP) is 5.55. The van der Waals surface area contributed by atoms with Crippen molar-refractivity contribution < 1.29 is 46.1 Å². The quantitative estimate of drug-likeness (QED) is 0.352. The van der Waals surface area contributed by atoms with Gasteiger partial charge in [0, 0.05) is 30.8 Å². The Balaban J connectivity index is 2.17. The van der Waals surface area contributed by atoms with Gasteiger partial charge in [-0.3, -0.25) is 9.59 Å². The maximum atomic E-state index is 13.5. The number of carbonyl (C=O) groups is 2. The minimum atomic E-state index is -6.21. The van der Waals surface area contributed by atoms with E-state index >= 15 is 0 Å². The smallest absolute Gasteiger partial charge is 0.389 e. The standard InChI is InChI=1S/C23H23Cl2F6N3O4S/c1-20(2,37)9-32-17(35)18-33-15(19(36)34(3)10-5-4-6-10)16(39-18)11-7-8-12(14(25)13(11)24)21(38,22(26,27)28)23(29,30)31/h7-8,10,37-38H,4-6,9H2,1-3H3,(H,32,35). The molecule has 1 aliphatic carbocycles. The first-order valence-electron chi connectivity index (χ1n) is 11.3. The molecule has 2 amide bonds. The van der Waals surface area contributed by atoms with Crippen molar-refractivity contribution in [3.8, 4) is 10.4 Å². The molecule has 39 heavy (non-hydrogen) atoms. The first-order chi connectivity index (χ1) is 17.7. The van der Waals surface area contributed by atoms with Crippen LogP contribution in [0.15, 0.2) is 12.1 Å². The SMILES string of the molecule is CN(C(=O)c1nc(C(=O)NCC(C)(C)O)sc1-c1ccc(C(O)(C(F)(F)F)C(F)(F)F)c(Cl)c1Cl)C1CCC1. The Labute approximate surface area is 232 Å². The number of halogens is 8. The Bertz CT molecular complexity index is 1260. The lowest BCUT2D eigenvalue weighted by atomic mass is 9.90. The first kappa shape index (κ1) is 31.4. The van der Waals surface area contributed by atoms with Crippen molar-refractivity contribution in [2.45, 2.75) is 62.7 Å². The van der Waals surface area contributed by atoms with E-state index in [4.69, 9.17) is 23.2 Å². The van der Waals surface area contributed by atoms with Crippen molar-refractivity contribution in [3.63, 3.8) is 0 Å². The lowest BCUT2D eigenvalue weighted by Gasteiger charge is -2.34. The molecular formula is C23H23Cl2F6N3O4S. The molecule has 1 aromatic carbocycles. The molecule has 7 nitrogen and oxygen atoms in total. The zero-order valence-electron chi connectivity index (χ0n) is 20.6. The molecule has 0 aliphatic heterocycles. The molecule has 3 N–H and O–H groups in total. The van der Waals surface area contributed by atoms with Crippen molar-refractivity contribution in [1.82, 2.24) is 15.2 Å². The van der Waals surface area contributed by atoms with E-state index in [-0.39, 0.29) is 33.7 Å². The van der Waals surface area contributed by atoms with Crippen molar-refractivity contribution in [1.29, 1.82) is 0 Å². The van der Waals surface area contributed by atoms with E-state index < -0.39 is 51.0 Å². The van der Waals surface area contributed by atoms with Gasteiger partial charge >= 0.3 is 12.4 Å². The van der Waals surface area contributed by atoms with Crippen molar-refractivity contribution in [3.05, 3.63) is 38.4 Å². The summed E-state index contributed by atoms with van der Waals surface area (Å²) < 4.78 is 80.7. The Kier molecular flexibility index (Phi) is 8.61. The van der Waals surface area contributed by atoms with Gasteiger partial charge in [-0.2, -0.15) is 26.3 Å². The lowest BCUT2D eigenvalue weighted by molar-refractivity contribution is -0.376. The van der Waals surface area contributed by atoms with Crippen LogP contribution in [-0.4, -0.2) is 69.5 Å². The number of thiazole rings is 1.